The van der Waals surface area contributed by atoms with Crippen LogP contribution < -0.4 is 10.6 Å². The quantitative estimate of drug-likeness (QED) is 0.547. The van der Waals surface area contributed by atoms with Crippen molar-refractivity contribution >= 4 is 0 Å². The van der Waals surface area contributed by atoms with Gasteiger partial charge < -0.3 is 10.6 Å². The summed E-state index contributed by atoms with van der Waals surface area (Å²) in [7, 11) is 0. The smallest absolute Gasteiger partial charge is 0.00675 e. The van der Waals surface area contributed by atoms with Gasteiger partial charge in [0.25, 0.3) is 0 Å². The van der Waals surface area contributed by atoms with Crippen LogP contribution >= 0.6 is 0 Å². The van der Waals surface area contributed by atoms with Crippen LogP contribution in [0.2, 0.25) is 0 Å². The van der Waals surface area contributed by atoms with Crippen molar-refractivity contribution in [2.75, 3.05) is 19.6 Å². The normalized spacial score (nSPS) is 20.2. The molecule has 1 aliphatic rings. The number of rotatable bonds is 11. The molecule has 1 fully saturated rings. The SMILES string of the molecule is CCCCCCCCNCCCC1CCCCN1. The van der Waals surface area contributed by atoms with E-state index in [1.807, 2.05) is 0 Å². The Balaban J connectivity index is 1.73. The molecule has 2 nitrogen and oxygen atoms in total. The maximum absolute atomic E-state index is 3.62. The van der Waals surface area contributed by atoms with Crippen molar-refractivity contribution < 1.29 is 0 Å². The highest BCUT2D eigenvalue weighted by molar-refractivity contribution is 4.72. The Bertz CT molecular complexity index is 164. The number of piperidine rings is 1. The van der Waals surface area contributed by atoms with E-state index in [0.29, 0.717) is 0 Å². The first-order valence-electron chi connectivity index (χ1n) is 8.37. The van der Waals surface area contributed by atoms with Crippen molar-refractivity contribution in [3.8, 4) is 0 Å². The topological polar surface area (TPSA) is 24.1 Å². The molecule has 18 heavy (non-hydrogen) atoms. The van der Waals surface area contributed by atoms with Gasteiger partial charge >= 0.3 is 0 Å². The van der Waals surface area contributed by atoms with Crippen molar-refractivity contribution in [2.45, 2.75) is 83.6 Å². The summed E-state index contributed by atoms with van der Waals surface area (Å²) in [5, 5.41) is 7.21. The van der Waals surface area contributed by atoms with E-state index >= 15 is 0 Å². The van der Waals surface area contributed by atoms with Crippen LogP contribution in [0.5, 0.6) is 0 Å². The largest absolute Gasteiger partial charge is 0.317 e. The summed E-state index contributed by atoms with van der Waals surface area (Å²) >= 11 is 0. The minimum atomic E-state index is 0.814. The van der Waals surface area contributed by atoms with Gasteiger partial charge in [0.2, 0.25) is 0 Å². The molecule has 108 valence electrons. The van der Waals surface area contributed by atoms with Gasteiger partial charge in [0.15, 0.2) is 0 Å². The molecule has 0 aromatic carbocycles. The second-order valence-corrected chi connectivity index (χ2v) is 5.81. The fraction of sp³-hybridized carbons (Fsp3) is 1.00. The standard InChI is InChI=1S/C16H34N2/c1-2-3-4-5-6-8-13-17-14-10-12-16-11-7-9-15-18-16/h16-18H,2-15H2,1H3. The van der Waals surface area contributed by atoms with E-state index in [2.05, 4.69) is 17.6 Å². The first-order valence-corrected chi connectivity index (χ1v) is 8.37. The highest BCUT2D eigenvalue weighted by Crippen LogP contribution is 2.11. The monoisotopic (exact) mass is 254 g/mol. The molecule has 0 aliphatic carbocycles. The van der Waals surface area contributed by atoms with Crippen LogP contribution in [0, 0.1) is 0 Å². The first kappa shape index (κ1) is 16.0. The predicted molar refractivity (Wildman–Crippen MR) is 81.1 cm³/mol. The molecular formula is C16H34N2. The van der Waals surface area contributed by atoms with Crippen LogP contribution in [0.1, 0.15) is 77.6 Å². The molecule has 1 saturated heterocycles. The Morgan fingerprint density at radius 1 is 0.944 bits per heavy atom. The third-order valence-electron chi connectivity index (χ3n) is 4.03. The van der Waals surface area contributed by atoms with E-state index < -0.39 is 0 Å². The number of nitrogens with one attached hydrogen (secondary N) is 2. The maximum atomic E-state index is 3.62. The van der Waals surface area contributed by atoms with Gasteiger partial charge in [-0.05, 0) is 51.7 Å². The Hall–Kier alpha value is -0.0800. The molecular weight excluding hydrogens is 220 g/mol. The van der Waals surface area contributed by atoms with E-state index in [4.69, 9.17) is 0 Å². The highest BCUT2D eigenvalue weighted by atomic mass is 14.9. The summed E-state index contributed by atoms with van der Waals surface area (Å²) < 4.78 is 0. The highest BCUT2D eigenvalue weighted by Gasteiger charge is 2.10. The van der Waals surface area contributed by atoms with Crippen LogP contribution in [0.3, 0.4) is 0 Å². The fourth-order valence-electron chi connectivity index (χ4n) is 2.80. The summed E-state index contributed by atoms with van der Waals surface area (Å²) in [6, 6.07) is 0.814. The lowest BCUT2D eigenvalue weighted by molar-refractivity contribution is 0.373. The Labute approximate surface area is 114 Å². The fourth-order valence-corrected chi connectivity index (χ4v) is 2.80. The summed E-state index contributed by atoms with van der Waals surface area (Å²) in [5.41, 5.74) is 0. The minimum Gasteiger partial charge on any atom is -0.317 e. The van der Waals surface area contributed by atoms with Gasteiger partial charge in [-0.2, -0.15) is 0 Å². The van der Waals surface area contributed by atoms with Gasteiger partial charge in [-0.25, -0.2) is 0 Å². The van der Waals surface area contributed by atoms with Crippen molar-refractivity contribution in [1.29, 1.82) is 0 Å². The lowest BCUT2D eigenvalue weighted by Gasteiger charge is -2.23. The van der Waals surface area contributed by atoms with Crippen molar-refractivity contribution in [3.63, 3.8) is 0 Å². The van der Waals surface area contributed by atoms with Crippen molar-refractivity contribution in [1.82, 2.24) is 10.6 Å². The summed E-state index contributed by atoms with van der Waals surface area (Å²) in [6.07, 6.45) is 15.3. The van der Waals surface area contributed by atoms with E-state index in [1.165, 1.54) is 90.3 Å². The van der Waals surface area contributed by atoms with E-state index in [0.717, 1.165) is 6.04 Å². The summed E-state index contributed by atoms with van der Waals surface area (Å²) in [5.74, 6) is 0. The molecule has 0 aromatic heterocycles. The molecule has 1 heterocycles. The molecule has 0 amide bonds. The van der Waals surface area contributed by atoms with Gasteiger partial charge in [-0.15, -0.1) is 0 Å². The first-order chi connectivity index (χ1) is 8.93. The van der Waals surface area contributed by atoms with Crippen molar-refractivity contribution in [2.24, 2.45) is 0 Å². The number of unbranched alkanes of at least 4 members (excludes halogenated alkanes) is 5. The average Bonchev–Trinajstić information content (AvgIpc) is 2.42. The third-order valence-corrected chi connectivity index (χ3v) is 4.03. The van der Waals surface area contributed by atoms with Gasteiger partial charge in [-0.3, -0.25) is 0 Å². The zero-order valence-electron chi connectivity index (χ0n) is 12.5. The predicted octanol–water partition coefficient (Wildman–Crippen LogP) is 3.86. The van der Waals surface area contributed by atoms with Gasteiger partial charge in [-0.1, -0.05) is 45.4 Å². The summed E-state index contributed by atoms with van der Waals surface area (Å²) in [6.45, 7) is 5.97. The van der Waals surface area contributed by atoms with Gasteiger partial charge in [0, 0.05) is 6.04 Å². The van der Waals surface area contributed by atoms with Crippen LogP contribution in [0.15, 0.2) is 0 Å². The molecule has 1 rings (SSSR count). The van der Waals surface area contributed by atoms with Crippen LogP contribution in [-0.2, 0) is 0 Å². The minimum absolute atomic E-state index is 0.814. The molecule has 0 radical (unpaired) electrons. The second-order valence-electron chi connectivity index (χ2n) is 5.81. The van der Waals surface area contributed by atoms with Gasteiger partial charge in [0.1, 0.15) is 0 Å². The van der Waals surface area contributed by atoms with E-state index in [9.17, 15) is 0 Å². The molecule has 2 heteroatoms. The molecule has 1 unspecified atom stereocenters. The average molecular weight is 254 g/mol. The molecule has 0 spiro atoms. The zero-order valence-corrected chi connectivity index (χ0v) is 12.5. The molecule has 1 atom stereocenters. The third kappa shape index (κ3) is 8.93. The molecule has 2 N–H and O–H groups in total. The van der Waals surface area contributed by atoms with E-state index in [-0.39, 0.29) is 0 Å². The Morgan fingerprint density at radius 3 is 2.50 bits per heavy atom. The van der Waals surface area contributed by atoms with E-state index in [1.54, 1.807) is 0 Å². The Morgan fingerprint density at radius 2 is 1.72 bits per heavy atom. The second kappa shape index (κ2) is 12.0. The number of hydrogen-bond acceptors (Lipinski definition) is 2. The number of hydrogen-bond donors (Lipinski definition) is 2. The lowest BCUT2D eigenvalue weighted by atomic mass is 10.0. The van der Waals surface area contributed by atoms with Crippen LogP contribution in [-0.4, -0.2) is 25.7 Å². The molecule has 0 aromatic rings. The summed E-state index contributed by atoms with van der Waals surface area (Å²) in [4.78, 5) is 0. The van der Waals surface area contributed by atoms with Gasteiger partial charge in [0.05, 0.1) is 0 Å². The Kier molecular flexibility index (Phi) is 10.6. The molecule has 0 saturated carbocycles. The van der Waals surface area contributed by atoms with Crippen molar-refractivity contribution in [3.05, 3.63) is 0 Å². The van der Waals surface area contributed by atoms with Crippen LogP contribution in [0.4, 0.5) is 0 Å². The maximum Gasteiger partial charge on any atom is 0.00675 e. The molecule has 0 bridgehead atoms. The van der Waals surface area contributed by atoms with Crippen LogP contribution in [0.25, 0.3) is 0 Å². The lowest BCUT2D eigenvalue weighted by Crippen LogP contribution is -2.34. The molecule has 1 aliphatic heterocycles. The zero-order chi connectivity index (χ0) is 12.9.